The molecule has 0 aromatic heterocycles. The average molecular weight is 287 g/mol. The Morgan fingerprint density at radius 3 is 2.42 bits per heavy atom. The van der Waals surface area contributed by atoms with Crippen molar-refractivity contribution in [2.24, 2.45) is 5.92 Å². The Morgan fingerprint density at radius 2 is 1.95 bits per heavy atom. The number of benzene rings is 1. The van der Waals surface area contributed by atoms with Crippen molar-refractivity contribution in [3.63, 3.8) is 0 Å². The maximum absolute atomic E-state index is 13.9. The normalized spacial score (nSPS) is 19.3. The second-order valence-corrected chi connectivity index (χ2v) is 7.98. The van der Waals surface area contributed by atoms with E-state index in [4.69, 9.17) is 0 Å². The predicted octanol–water partition coefficient (Wildman–Crippen LogP) is 3.47. The van der Waals surface area contributed by atoms with Crippen LogP contribution in [0.3, 0.4) is 0 Å². The zero-order valence-electron chi connectivity index (χ0n) is 11.4. The van der Waals surface area contributed by atoms with Crippen LogP contribution >= 0.6 is 0 Å². The SMILES string of the molecule is CC(C)(C)[S+]([O-])N[C@@H](c1ccc(F)cc1F)C1CC1. The zero-order chi connectivity index (χ0) is 14.2. The van der Waals surface area contributed by atoms with Gasteiger partial charge in [-0.15, -0.1) is 4.72 Å². The largest absolute Gasteiger partial charge is 0.598 e. The second-order valence-electron chi connectivity index (χ2n) is 5.98. The highest BCUT2D eigenvalue weighted by molar-refractivity contribution is 7.90. The molecule has 0 heterocycles. The van der Waals surface area contributed by atoms with E-state index in [0.29, 0.717) is 5.56 Å². The molecule has 0 saturated heterocycles. The van der Waals surface area contributed by atoms with Crippen LogP contribution in [0.15, 0.2) is 18.2 Å². The molecule has 2 atom stereocenters. The number of rotatable bonds is 4. The lowest BCUT2D eigenvalue weighted by atomic mass is 10.0. The molecule has 1 unspecified atom stereocenters. The van der Waals surface area contributed by atoms with Gasteiger partial charge in [-0.25, -0.2) is 8.78 Å². The van der Waals surface area contributed by atoms with Crippen molar-refractivity contribution in [3.8, 4) is 0 Å². The van der Waals surface area contributed by atoms with Gasteiger partial charge in [-0.05, 0) is 45.6 Å². The van der Waals surface area contributed by atoms with Crippen molar-refractivity contribution in [2.75, 3.05) is 0 Å². The van der Waals surface area contributed by atoms with Gasteiger partial charge in [0, 0.05) is 23.0 Å². The summed E-state index contributed by atoms with van der Waals surface area (Å²) in [6.07, 6.45) is 1.96. The van der Waals surface area contributed by atoms with Crippen molar-refractivity contribution in [1.29, 1.82) is 0 Å². The maximum atomic E-state index is 13.9. The van der Waals surface area contributed by atoms with E-state index in [2.05, 4.69) is 4.72 Å². The molecule has 1 N–H and O–H groups in total. The molecular formula is C14H19F2NOS. The maximum Gasteiger partial charge on any atom is 0.136 e. The highest BCUT2D eigenvalue weighted by Gasteiger charge is 2.39. The van der Waals surface area contributed by atoms with Gasteiger partial charge >= 0.3 is 0 Å². The van der Waals surface area contributed by atoms with E-state index >= 15 is 0 Å². The van der Waals surface area contributed by atoms with Crippen LogP contribution in [0.25, 0.3) is 0 Å². The molecule has 2 rings (SSSR count). The Labute approximate surface area is 115 Å². The molecule has 106 valence electrons. The molecule has 0 bridgehead atoms. The fraction of sp³-hybridized carbons (Fsp3) is 0.571. The van der Waals surface area contributed by atoms with E-state index in [1.807, 2.05) is 20.8 Å². The molecule has 0 radical (unpaired) electrons. The molecule has 1 aliphatic rings. The van der Waals surface area contributed by atoms with Crippen LogP contribution < -0.4 is 4.72 Å². The molecule has 1 aromatic carbocycles. The van der Waals surface area contributed by atoms with Crippen molar-refractivity contribution in [2.45, 2.75) is 44.4 Å². The number of halogens is 2. The lowest BCUT2D eigenvalue weighted by Gasteiger charge is -2.28. The van der Waals surface area contributed by atoms with Gasteiger partial charge in [-0.1, -0.05) is 6.07 Å². The molecule has 0 spiro atoms. The summed E-state index contributed by atoms with van der Waals surface area (Å²) in [5.41, 5.74) is 0.404. The summed E-state index contributed by atoms with van der Waals surface area (Å²) in [5, 5.41) is 0. The fourth-order valence-corrected chi connectivity index (χ4v) is 2.79. The van der Waals surface area contributed by atoms with Gasteiger partial charge < -0.3 is 4.55 Å². The summed E-state index contributed by atoms with van der Waals surface area (Å²) >= 11 is -1.27. The minimum absolute atomic E-state index is 0.284. The third-order valence-corrected chi connectivity index (χ3v) is 4.76. The quantitative estimate of drug-likeness (QED) is 0.861. The van der Waals surface area contributed by atoms with Crippen LogP contribution in [0.4, 0.5) is 8.78 Å². The summed E-state index contributed by atoms with van der Waals surface area (Å²) in [6.45, 7) is 5.59. The standard InChI is InChI=1S/C14H19F2NOS/c1-14(2,3)19(18)17-13(9-4-5-9)11-7-6-10(15)8-12(11)16/h6-9,13,17H,4-5H2,1-3H3/t13-,19?/m1/s1. The number of hydrogen-bond acceptors (Lipinski definition) is 2. The van der Waals surface area contributed by atoms with Gasteiger partial charge in [0.15, 0.2) is 0 Å². The van der Waals surface area contributed by atoms with E-state index in [9.17, 15) is 13.3 Å². The first-order valence-corrected chi connectivity index (χ1v) is 7.57. The summed E-state index contributed by atoms with van der Waals surface area (Å²) in [6, 6.07) is 3.27. The van der Waals surface area contributed by atoms with E-state index in [0.717, 1.165) is 18.9 Å². The highest BCUT2D eigenvalue weighted by atomic mass is 32.2. The lowest BCUT2D eigenvalue weighted by molar-refractivity contribution is 0.483. The Bertz CT molecular complexity index is 457. The smallest absolute Gasteiger partial charge is 0.136 e. The molecule has 2 nitrogen and oxygen atoms in total. The summed E-state index contributed by atoms with van der Waals surface area (Å²) < 4.78 is 41.6. The van der Waals surface area contributed by atoms with Crippen LogP contribution in [0, 0.1) is 17.6 Å². The third-order valence-electron chi connectivity index (χ3n) is 3.18. The Morgan fingerprint density at radius 1 is 1.32 bits per heavy atom. The van der Waals surface area contributed by atoms with Crippen LogP contribution in [-0.2, 0) is 11.4 Å². The number of nitrogens with one attached hydrogen (secondary N) is 1. The zero-order valence-corrected chi connectivity index (χ0v) is 12.2. The lowest BCUT2D eigenvalue weighted by Crippen LogP contribution is -2.42. The van der Waals surface area contributed by atoms with Crippen molar-refractivity contribution >= 4 is 11.4 Å². The first kappa shape index (κ1) is 14.8. The van der Waals surface area contributed by atoms with Gasteiger partial charge in [-0.3, -0.25) is 0 Å². The van der Waals surface area contributed by atoms with Crippen LogP contribution in [0.1, 0.15) is 45.2 Å². The van der Waals surface area contributed by atoms with Gasteiger partial charge in [0.1, 0.15) is 16.4 Å². The number of hydrogen-bond donors (Lipinski definition) is 1. The molecule has 1 aromatic rings. The second kappa shape index (κ2) is 5.38. The van der Waals surface area contributed by atoms with Gasteiger partial charge in [-0.2, -0.15) is 0 Å². The molecule has 1 aliphatic carbocycles. The first-order valence-electron chi connectivity index (χ1n) is 6.42. The Hall–Kier alpha value is -0.650. The van der Waals surface area contributed by atoms with Crippen LogP contribution in [-0.4, -0.2) is 9.30 Å². The molecular weight excluding hydrogens is 268 g/mol. The molecule has 5 heteroatoms. The monoisotopic (exact) mass is 287 g/mol. The average Bonchev–Trinajstić information content (AvgIpc) is 3.08. The summed E-state index contributed by atoms with van der Waals surface area (Å²) in [5.74, 6) is -0.880. The molecule has 0 aliphatic heterocycles. The van der Waals surface area contributed by atoms with Gasteiger partial charge in [0.25, 0.3) is 0 Å². The Kier molecular flexibility index (Phi) is 4.18. The topological polar surface area (TPSA) is 35.1 Å². The third kappa shape index (κ3) is 3.68. The Balaban J connectivity index is 2.21. The molecule has 1 saturated carbocycles. The van der Waals surface area contributed by atoms with Crippen molar-refractivity contribution < 1.29 is 13.3 Å². The molecule has 19 heavy (non-hydrogen) atoms. The predicted molar refractivity (Wildman–Crippen MR) is 72.9 cm³/mol. The summed E-state index contributed by atoms with van der Waals surface area (Å²) in [4.78, 5) is 0. The van der Waals surface area contributed by atoms with E-state index in [-0.39, 0.29) is 12.0 Å². The van der Waals surface area contributed by atoms with Crippen molar-refractivity contribution in [1.82, 2.24) is 4.72 Å². The van der Waals surface area contributed by atoms with E-state index < -0.39 is 27.7 Å². The fourth-order valence-electron chi connectivity index (χ4n) is 1.89. The summed E-state index contributed by atoms with van der Waals surface area (Å²) in [7, 11) is 0. The van der Waals surface area contributed by atoms with Crippen molar-refractivity contribution in [3.05, 3.63) is 35.4 Å². The van der Waals surface area contributed by atoms with Gasteiger partial charge in [0.05, 0.1) is 6.04 Å². The minimum Gasteiger partial charge on any atom is -0.598 e. The van der Waals surface area contributed by atoms with Gasteiger partial charge in [0.2, 0.25) is 0 Å². The highest BCUT2D eigenvalue weighted by Crippen LogP contribution is 2.42. The van der Waals surface area contributed by atoms with Crippen LogP contribution in [0.2, 0.25) is 0 Å². The van der Waals surface area contributed by atoms with Crippen LogP contribution in [0.5, 0.6) is 0 Å². The molecule has 0 amide bonds. The van der Waals surface area contributed by atoms with E-state index in [1.165, 1.54) is 12.1 Å². The first-order chi connectivity index (χ1) is 8.79. The van der Waals surface area contributed by atoms with E-state index in [1.54, 1.807) is 0 Å². The minimum atomic E-state index is -1.27. The molecule has 1 fully saturated rings.